The number of rotatable bonds is 2. The fraction of sp³-hybridized carbons (Fsp3) is 0.375. The number of carbonyl (C=O) groups is 1. The molecule has 1 unspecified atom stereocenters. The number of halogens is 1. The van der Waals surface area contributed by atoms with Gasteiger partial charge in [-0.15, -0.1) is 0 Å². The average molecular weight is 409 g/mol. The van der Waals surface area contributed by atoms with Crippen molar-refractivity contribution in [2.75, 3.05) is 6.54 Å². The number of carbonyl (C=O) groups excluding carboxylic acids is 1. The van der Waals surface area contributed by atoms with Crippen molar-refractivity contribution in [2.45, 2.75) is 44.6 Å². The third-order valence-electron chi connectivity index (χ3n) is 6.51. The van der Waals surface area contributed by atoms with Crippen LogP contribution in [0.1, 0.15) is 55.0 Å². The lowest BCUT2D eigenvalue weighted by atomic mass is 9.85. The molecule has 150 valence electrons. The molecule has 1 aliphatic carbocycles. The number of amides is 1. The SMILES string of the molecule is O=C(C1CCCCC1)N1CCc2c([nH]c3ccc(Cl)cc23)C1c1cccc(O)c1. The highest BCUT2D eigenvalue weighted by molar-refractivity contribution is 6.31. The summed E-state index contributed by atoms with van der Waals surface area (Å²) in [4.78, 5) is 19.1. The van der Waals surface area contributed by atoms with Crippen molar-refractivity contribution in [3.8, 4) is 5.75 Å². The van der Waals surface area contributed by atoms with Crippen molar-refractivity contribution >= 4 is 28.4 Å². The molecule has 1 saturated carbocycles. The number of aromatic amines is 1. The van der Waals surface area contributed by atoms with Crippen LogP contribution in [0.3, 0.4) is 0 Å². The van der Waals surface area contributed by atoms with Gasteiger partial charge in [0.25, 0.3) is 0 Å². The lowest BCUT2D eigenvalue weighted by molar-refractivity contribution is -0.138. The van der Waals surface area contributed by atoms with E-state index in [2.05, 4.69) is 4.98 Å². The third kappa shape index (κ3) is 3.29. The molecule has 0 radical (unpaired) electrons. The first-order valence-electron chi connectivity index (χ1n) is 10.5. The molecule has 2 aliphatic rings. The molecule has 1 aromatic heterocycles. The summed E-state index contributed by atoms with van der Waals surface area (Å²) in [5, 5.41) is 12.0. The van der Waals surface area contributed by atoms with E-state index in [9.17, 15) is 9.90 Å². The van der Waals surface area contributed by atoms with Crippen LogP contribution in [0.4, 0.5) is 0 Å². The maximum absolute atomic E-state index is 13.5. The van der Waals surface area contributed by atoms with Crippen LogP contribution >= 0.6 is 11.6 Å². The molecule has 4 nitrogen and oxygen atoms in total. The summed E-state index contributed by atoms with van der Waals surface area (Å²) in [6.45, 7) is 0.683. The van der Waals surface area contributed by atoms with Gasteiger partial charge in [-0.1, -0.05) is 43.0 Å². The molecule has 5 heteroatoms. The second-order valence-corrected chi connectivity index (χ2v) is 8.76. The number of fused-ring (bicyclic) bond motifs is 3. The van der Waals surface area contributed by atoms with Gasteiger partial charge in [0.1, 0.15) is 5.75 Å². The Kier molecular flexibility index (Phi) is 4.75. The van der Waals surface area contributed by atoms with E-state index in [1.807, 2.05) is 35.2 Å². The number of phenols is 1. The summed E-state index contributed by atoms with van der Waals surface area (Å²) in [7, 11) is 0. The summed E-state index contributed by atoms with van der Waals surface area (Å²) in [5.41, 5.74) is 4.25. The maximum atomic E-state index is 13.5. The van der Waals surface area contributed by atoms with Crippen LogP contribution in [-0.4, -0.2) is 27.4 Å². The van der Waals surface area contributed by atoms with Gasteiger partial charge < -0.3 is 15.0 Å². The number of aromatic hydroxyl groups is 1. The van der Waals surface area contributed by atoms with Gasteiger partial charge in [0.2, 0.25) is 5.91 Å². The molecule has 0 spiro atoms. The highest BCUT2D eigenvalue weighted by Crippen LogP contribution is 2.41. The number of nitrogens with one attached hydrogen (secondary N) is 1. The molecule has 1 fully saturated rings. The number of phenolic OH excluding ortho intramolecular Hbond substituents is 1. The topological polar surface area (TPSA) is 56.3 Å². The largest absolute Gasteiger partial charge is 0.508 e. The number of benzene rings is 2. The number of H-pyrrole nitrogens is 1. The Morgan fingerprint density at radius 1 is 1.10 bits per heavy atom. The van der Waals surface area contributed by atoms with Crippen LogP contribution in [0.5, 0.6) is 5.75 Å². The van der Waals surface area contributed by atoms with Crippen molar-refractivity contribution in [1.82, 2.24) is 9.88 Å². The lowest BCUT2D eigenvalue weighted by Gasteiger charge is -2.39. The normalized spacial score (nSPS) is 20.0. The van der Waals surface area contributed by atoms with Gasteiger partial charge >= 0.3 is 0 Å². The van der Waals surface area contributed by atoms with Crippen molar-refractivity contribution in [3.63, 3.8) is 0 Å². The fourth-order valence-electron chi connectivity index (χ4n) is 5.12. The first-order valence-corrected chi connectivity index (χ1v) is 10.9. The highest BCUT2D eigenvalue weighted by atomic mass is 35.5. The van der Waals surface area contributed by atoms with Gasteiger partial charge in [0.15, 0.2) is 0 Å². The van der Waals surface area contributed by atoms with E-state index in [0.29, 0.717) is 11.6 Å². The van der Waals surface area contributed by atoms with E-state index < -0.39 is 0 Å². The van der Waals surface area contributed by atoms with E-state index >= 15 is 0 Å². The standard InChI is InChI=1S/C24H25ClN2O2/c25-17-9-10-21-20(14-17)19-11-12-27(24(29)15-5-2-1-3-6-15)23(22(19)26-21)16-7-4-8-18(28)13-16/h4,7-10,13-15,23,26,28H,1-3,5-6,11-12H2. The molecule has 1 atom stereocenters. The Morgan fingerprint density at radius 3 is 2.72 bits per heavy atom. The van der Waals surface area contributed by atoms with Gasteiger partial charge in [-0.05, 0) is 60.7 Å². The molecule has 0 saturated heterocycles. The van der Waals surface area contributed by atoms with Crippen LogP contribution < -0.4 is 0 Å². The third-order valence-corrected chi connectivity index (χ3v) is 6.75. The molecular weight excluding hydrogens is 384 g/mol. The van der Waals surface area contributed by atoms with Crippen LogP contribution in [0, 0.1) is 5.92 Å². The summed E-state index contributed by atoms with van der Waals surface area (Å²) in [6, 6.07) is 13.0. The molecule has 29 heavy (non-hydrogen) atoms. The number of aromatic nitrogens is 1. The zero-order valence-electron chi connectivity index (χ0n) is 16.3. The van der Waals surface area contributed by atoms with Crippen LogP contribution in [0.25, 0.3) is 10.9 Å². The molecule has 2 heterocycles. The fourth-order valence-corrected chi connectivity index (χ4v) is 5.30. The van der Waals surface area contributed by atoms with E-state index in [1.165, 1.54) is 12.0 Å². The molecule has 2 N–H and O–H groups in total. The van der Waals surface area contributed by atoms with Gasteiger partial charge in [-0.2, -0.15) is 0 Å². The van der Waals surface area contributed by atoms with Crippen LogP contribution in [0.2, 0.25) is 5.02 Å². The van der Waals surface area contributed by atoms with E-state index in [1.54, 1.807) is 12.1 Å². The van der Waals surface area contributed by atoms with Crippen molar-refractivity contribution in [1.29, 1.82) is 0 Å². The number of hydrogen-bond donors (Lipinski definition) is 2. The number of hydrogen-bond acceptors (Lipinski definition) is 2. The second-order valence-electron chi connectivity index (χ2n) is 8.32. The first-order chi connectivity index (χ1) is 14.1. The van der Waals surface area contributed by atoms with Gasteiger partial charge in [-0.25, -0.2) is 0 Å². The first kappa shape index (κ1) is 18.6. The lowest BCUT2D eigenvalue weighted by Crippen LogP contribution is -2.44. The van der Waals surface area contributed by atoms with Crippen molar-refractivity contribution < 1.29 is 9.90 Å². The van der Waals surface area contributed by atoms with Gasteiger partial charge in [0.05, 0.1) is 6.04 Å². The quantitative estimate of drug-likeness (QED) is 0.581. The van der Waals surface area contributed by atoms with Crippen LogP contribution in [-0.2, 0) is 11.2 Å². The predicted molar refractivity (Wildman–Crippen MR) is 115 cm³/mol. The van der Waals surface area contributed by atoms with E-state index in [0.717, 1.165) is 54.3 Å². The summed E-state index contributed by atoms with van der Waals surface area (Å²) in [6.07, 6.45) is 6.28. The average Bonchev–Trinajstić information content (AvgIpc) is 3.11. The monoisotopic (exact) mass is 408 g/mol. The molecule has 5 rings (SSSR count). The van der Waals surface area contributed by atoms with Crippen LogP contribution in [0.15, 0.2) is 42.5 Å². The molecule has 1 amide bonds. The number of nitrogens with zero attached hydrogens (tertiary/aromatic N) is 1. The molecule has 3 aromatic rings. The Morgan fingerprint density at radius 2 is 1.93 bits per heavy atom. The Hall–Kier alpha value is -2.46. The van der Waals surface area contributed by atoms with Crippen molar-refractivity contribution in [2.24, 2.45) is 5.92 Å². The highest BCUT2D eigenvalue weighted by Gasteiger charge is 2.37. The minimum absolute atomic E-state index is 0.115. The minimum atomic E-state index is -0.216. The Labute approximate surface area is 175 Å². The maximum Gasteiger partial charge on any atom is 0.226 e. The molecule has 0 bridgehead atoms. The minimum Gasteiger partial charge on any atom is -0.508 e. The second kappa shape index (κ2) is 7.42. The summed E-state index contributed by atoms with van der Waals surface area (Å²) >= 11 is 6.26. The van der Waals surface area contributed by atoms with Gasteiger partial charge in [0, 0.05) is 34.1 Å². The Balaban J connectivity index is 1.63. The van der Waals surface area contributed by atoms with E-state index in [-0.39, 0.29) is 23.6 Å². The van der Waals surface area contributed by atoms with Gasteiger partial charge in [-0.3, -0.25) is 4.79 Å². The predicted octanol–water partition coefficient (Wildman–Crippen LogP) is 5.58. The van der Waals surface area contributed by atoms with E-state index in [4.69, 9.17) is 11.6 Å². The molecular formula is C24H25ClN2O2. The summed E-state index contributed by atoms with van der Waals surface area (Å²) < 4.78 is 0. The zero-order chi connectivity index (χ0) is 20.0. The summed E-state index contributed by atoms with van der Waals surface area (Å²) in [5.74, 6) is 0.586. The smallest absolute Gasteiger partial charge is 0.226 e. The Bertz CT molecular complexity index is 1070. The molecule has 2 aromatic carbocycles. The molecule has 1 aliphatic heterocycles. The van der Waals surface area contributed by atoms with Crippen molar-refractivity contribution in [3.05, 3.63) is 64.3 Å². The zero-order valence-corrected chi connectivity index (χ0v) is 17.1.